The number of rotatable bonds is 6. The van der Waals surface area contributed by atoms with Crippen LogP contribution in [0.2, 0.25) is 5.02 Å². The first-order valence-electron chi connectivity index (χ1n) is 7.73. The molecular weight excluding hydrogens is 372 g/mol. The lowest BCUT2D eigenvalue weighted by Gasteiger charge is -2.26. The van der Waals surface area contributed by atoms with Crippen molar-refractivity contribution in [2.75, 3.05) is 20.8 Å². The Balaban J connectivity index is 2.91. The lowest BCUT2D eigenvalue weighted by molar-refractivity contribution is -0.127. The van der Waals surface area contributed by atoms with Gasteiger partial charge in [-0.05, 0) is 19.9 Å². The normalized spacial score (nSPS) is 12.6. The number of aromatic nitrogens is 1. The summed E-state index contributed by atoms with van der Waals surface area (Å²) in [7, 11) is 2.78. The summed E-state index contributed by atoms with van der Waals surface area (Å²) in [5.74, 6) is -3.47. The molecule has 0 spiro atoms. The molecule has 0 radical (unpaired) electrons. The number of benzene rings is 1. The fourth-order valence-electron chi connectivity index (χ4n) is 2.72. The highest BCUT2D eigenvalue weighted by atomic mass is 35.5. The third-order valence-electron chi connectivity index (χ3n) is 3.94. The minimum absolute atomic E-state index is 0.0448. The minimum Gasteiger partial charge on any atom is -0.462 e. The van der Waals surface area contributed by atoms with Crippen molar-refractivity contribution >= 4 is 28.5 Å². The van der Waals surface area contributed by atoms with Crippen LogP contribution in [0.3, 0.4) is 0 Å². The molecule has 1 heterocycles. The monoisotopic (exact) mass is 389 g/mol. The zero-order chi connectivity index (χ0) is 19.6. The van der Waals surface area contributed by atoms with Crippen molar-refractivity contribution in [2.24, 2.45) is 0 Å². The molecule has 1 aromatic heterocycles. The number of carbonyl (C=O) groups excluding carboxylic acids is 1. The Morgan fingerprint density at radius 3 is 2.46 bits per heavy atom. The number of methoxy groups -OCH3 is 2. The Bertz CT molecular complexity index is 895. The number of carbonyl (C=O) groups is 1. The summed E-state index contributed by atoms with van der Waals surface area (Å²) in [4.78, 5) is 24.8. The molecule has 1 atom stereocenters. The summed E-state index contributed by atoms with van der Waals surface area (Å²) in [6, 6.07) is 0.0723. The summed E-state index contributed by atoms with van der Waals surface area (Å²) in [6.07, 6.45) is 0.377. The standard InChI is InChI=1S/C17H18ClF2NO5/c1-5-26-16(23)10-7-21(8(2)17(24-3)25-4)14-9(15(10)22)6-11(19)13(20)12(14)18/h6-8,17H,5H2,1-4H3. The third-order valence-corrected chi connectivity index (χ3v) is 4.29. The van der Waals surface area contributed by atoms with Crippen LogP contribution in [0, 0.1) is 11.6 Å². The van der Waals surface area contributed by atoms with Crippen LogP contribution in [0.5, 0.6) is 0 Å². The largest absolute Gasteiger partial charge is 0.462 e. The Morgan fingerprint density at radius 1 is 1.31 bits per heavy atom. The van der Waals surface area contributed by atoms with E-state index >= 15 is 0 Å². The average Bonchev–Trinajstić information content (AvgIpc) is 2.61. The van der Waals surface area contributed by atoms with Gasteiger partial charge in [0.15, 0.2) is 17.9 Å². The number of pyridine rings is 1. The van der Waals surface area contributed by atoms with Gasteiger partial charge in [0, 0.05) is 20.4 Å². The first-order valence-corrected chi connectivity index (χ1v) is 8.11. The fourth-order valence-corrected chi connectivity index (χ4v) is 3.00. The van der Waals surface area contributed by atoms with E-state index in [9.17, 15) is 18.4 Å². The molecule has 26 heavy (non-hydrogen) atoms. The van der Waals surface area contributed by atoms with Gasteiger partial charge in [-0.1, -0.05) is 11.6 Å². The molecule has 0 aliphatic rings. The van der Waals surface area contributed by atoms with Gasteiger partial charge < -0.3 is 18.8 Å². The number of halogens is 3. The van der Waals surface area contributed by atoms with E-state index < -0.39 is 40.4 Å². The maximum atomic E-state index is 14.0. The summed E-state index contributed by atoms with van der Waals surface area (Å²) in [5, 5.41) is -0.831. The molecule has 2 rings (SSSR count). The van der Waals surface area contributed by atoms with Gasteiger partial charge in [0.05, 0.1) is 23.6 Å². The minimum atomic E-state index is -1.30. The third kappa shape index (κ3) is 3.44. The molecule has 0 amide bonds. The second kappa shape index (κ2) is 8.11. The lowest BCUT2D eigenvalue weighted by atomic mass is 10.1. The lowest BCUT2D eigenvalue weighted by Crippen LogP contribution is -2.29. The van der Waals surface area contributed by atoms with E-state index in [0.717, 1.165) is 0 Å². The first-order chi connectivity index (χ1) is 12.3. The van der Waals surface area contributed by atoms with Gasteiger partial charge in [0.25, 0.3) is 0 Å². The molecule has 0 saturated heterocycles. The first kappa shape index (κ1) is 20.3. The summed E-state index contributed by atoms with van der Waals surface area (Å²) < 4.78 is 44.4. The molecule has 0 fully saturated rings. The highest BCUT2D eigenvalue weighted by Crippen LogP contribution is 2.30. The molecule has 1 unspecified atom stereocenters. The van der Waals surface area contributed by atoms with E-state index in [4.69, 9.17) is 25.8 Å². The molecule has 1 aromatic carbocycles. The van der Waals surface area contributed by atoms with Crippen molar-refractivity contribution in [1.82, 2.24) is 4.57 Å². The Morgan fingerprint density at radius 2 is 1.92 bits per heavy atom. The number of esters is 1. The van der Waals surface area contributed by atoms with Crippen molar-refractivity contribution in [3.05, 3.63) is 44.7 Å². The molecule has 0 N–H and O–H groups in total. The predicted octanol–water partition coefficient (Wildman–Crippen LogP) is 3.29. The van der Waals surface area contributed by atoms with Crippen LogP contribution in [0.1, 0.15) is 30.2 Å². The SMILES string of the molecule is CCOC(=O)c1cn(C(C)C(OC)OC)c2c(Cl)c(F)c(F)cc2c1=O. The van der Waals surface area contributed by atoms with Crippen molar-refractivity contribution in [2.45, 2.75) is 26.2 Å². The van der Waals surface area contributed by atoms with Gasteiger partial charge in [-0.15, -0.1) is 0 Å². The number of nitrogens with zero attached hydrogens (tertiary/aromatic N) is 1. The zero-order valence-corrected chi connectivity index (χ0v) is 15.4. The van der Waals surface area contributed by atoms with Crippen molar-refractivity contribution in [3.8, 4) is 0 Å². The van der Waals surface area contributed by atoms with Crippen LogP contribution >= 0.6 is 11.6 Å². The van der Waals surface area contributed by atoms with Crippen LogP contribution < -0.4 is 5.43 Å². The van der Waals surface area contributed by atoms with Crippen molar-refractivity contribution in [3.63, 3.8) is 0 Å². The molecule has 2 aromatic rings. The van der Waals surface area contributed by atoms with E-state index in [1.807, 2.05) is 0 Å². The van der Waals surface area contributed by atoms with Gasteiger partial charge in [0.2, 0.25) is 5.43 Å². The summed E-state index contributed by atoms with van der Waals surface area (Å²) in [5.41, 5.74) is -1.22. The second-order valence-electron chi connectivity index (χ2n) is 5.46. The van der Waals surface area contributed by atoms with E-state index in [2.05, 4.69) is 0 Å². The predicted molar refractivity (Wildman–Crippen MR) is 91.6 cm³/mol. The van der Waals surface area contributed by atoms with Gasteiger partial charge >= 0.3 is 5.97 Å². The van der Waals surface area contributed by atoms with Gasteiger partial charge in [0.1, 0.15) is 10.6 Å². The van der Waals surface area contributed by atoms with Gasteiger partial charge in [-0.2, -0.15) is 0 Å². The maximum Gasteiger partial charge on any atom is 0.343 e. The number of ether oxygens (including phenoxy) is 3. The quantitative estimate of drug-likeness (QED) is 0.431. The number of hydrogen-bond donors (Lipinski definition) is 0. The fraction of sp³-hybridized carbons (Fsp3) is 0.412. The molecule has 0 bridgehead atoms. The van der Waals surface area contributed by atoms with Gasteiger partial charge in [-0.25, -0.2) is 13.6 Å². The molecule has 9 heteroatoms. The molecular formula is C17H18ClF2NO5. The van der Waals surface area contributed by atoms with Crippen LogP contribution in [0.25, 0.3) is 10.9 Å². The Labute approximate surface area is 153 Å². The topological polar surface area (TPSA) is 66.8 Å². The van der Waals surface area contributed by atoms with E-state index in [-0.39, 0.29) is 23.1 Å². The van der Waals surface area contributed by atoms with Crippen LogP contribution in [-0.4, -0.2) is 37.7 Å². The highest BCUT2D eigenvalue weighted by Gasteiger charge is 2.26. The highest BCUT2D eigenvalue weighted by molar-refractivity contribution is 6.35. The van der Waals surface area contributed by atoms with Crippen LogP contribution in [-0.2, 0) is 14.2 Å². The van der Waals surface area contributed by atoms with Crippen molar-refractivity contribution in [1.29, 1.82) is 0 Å². The van der Waals surface area contributed by atoms with E-state index in [1.165, 1.54) is 25.0 Å². The molecule has 0 aliphatic heterocycles. The molecule has 6 nitrogen and oxygen atoms in total. The van der Waals surface area contributed by atoms with E-state index in [1.54, 1.807) is 13.8 Å². The summed E-state index contributed by atoms with van der Waals surface area (Å²) >= 11 is 5.96. The van der Waals surface area contributed by atoms with Crippen molar-refractivity contribution < 1.29 is 27.8 Å². The average molecular weight is 390 g/mol. The van der Waals surface area contributed by atoms with Crippen LogP contribution in [0.4, 0.5) is 8.78 Å². The van der Waals surface area contributed by atoms with Crippen LogP contribution in [0.15, 0.2) is 17.1 Å². The number of fused-ring (bicyclic) bond motifs is 1. The van der Waals surface area contributed by atoms with E-state index in [0.29, 0.717) is 6.07 Å². The maximum absolute atomic E-state index is 14.0. The summed E-state index contributed by atoms with van der Waals surface area (Å²) in [6.45, 7) is 3.27. The smallest absolute Gasteiger partial charge is 0.343 e. The second-order valence-corrected chi connectivity index (χ2v) is 5.84. The number of hydrogen-bond acceptors (Lipinski definition) is 5. The molecule has 0 saturated carbocycles. The Hall–Kier alpha value is -2.03. The zero-order valence-electron chi connectivity index (χ0n) is 14.6. The molecule has 142 valence electrons. The Kier molecular flexibility index (Phi) is 6.33. The molecule has 0 aliphatic carbocycles. The van der Waals surface area contributed by atoms with Gasteiger partial charge in [-0.3, -0.25) is 4.79 Å².